The van der Waals surface area contributed by atoms with Gasteiger partial charge in [-0.25, -0.2) is 0 Å². The molecule has 1 atom stereocenters. The average molecular weight is 181 g/mol. The second-order valence-electron chi connectivity index (χ2n) is 3.69. The van der Waals surface area contributed by atoms with Crippen molar-refractivity contribution in [2.24, 2.45) is 5.92 Å². The molecule has 0 bridgehead atoms. The van der Waals surface area contributed by atoms with Crippen molar-refractivity contribution in [2.75, 3.05) is 0 Å². The van der Waals surface area contributed by atoms with E-state index in [9.17, 15) is 0 Å². The zero-order chi connectivity index (χ0) is 9.38. The third-order valence-corrected chi connectivity index (χ3v) is 2.83. The Hall–Kier alpha value is -1.63. The lowest BCUT2D eigenvalue weighted by Gasteiger charge is -2.18. The van der Waals surface area contributed by atoms with Crippen LogP contribution in [0.1, 0.15) is 6.42 Å². The van der Waals surface area contributed by atoms with Gasteiger partial charge in [0.25, 0.3) is 0 Å². The van der Waals surface area contributed by atoms with E-state index in [1.807, 2.05) is 12.3 Å². The summed E-state index contributed by atoms with van der Waals surface area (Å²) in [7, 11) is 0. The zero-order valence-corrected chi connectivity index (χ0v) is 7.85. The molecule has 0 amide bonds. The molecular formula is C13H11N. The van der Waals surface area contributed by atoms with Crippen LogP contribution in [0.2, 0.25) is 0 Å². The number of pyridine rings is 1. The minimum absolute atomic E-state index is 0.544. The second-order valence-corrected chi connectivity index (χ2v) is 3.69. The van der Waals surface area contributed by atoms with Crippen LogP contribution in [-0.2, 0) is 0 Å². The van der Waals surface area contributed by atoms with E-state index in [-0.39, 0.29) is 0 Å². The Kier molecular flexibility index (Phi) is 1.63. The zero-order valence-electron chi connectivity index (χ0n) is 7.85. The first-order valence-electron chi connectivity index (χ1n) is 4.95. The standard InChI is InChI=1S/C13H11N/c1-2-6-12-10(4-1)7-8-11-5-3-9-14-13(11)12/h1-6,8-10H,7H2. The smallest absolute Gasteiger partial charge is 0.0736 e. The van der Waals surface area contributed by atoms with Crippen LogP contribution < -0.4 is 10.6 Å². The molecule has 0 aliphatic heterocycles. The Bertz CT molecular complexity index is 535. The van der Waals surface area contributed by atoms with Gasteiger partial charge in [0.05, 0.1) is 5.35 Å². The molecule has 1 heteroatoms. The van der Waals surface area contributed by atoms with Crippen molar-refractivity contribution < 1.29 is 0 Å². The third kappa shape index (κ3) is 1.06. The normalized spacial score (nSPS) is 22.6. The quantitative estimate of drug-likeness (QED) is 0.585. The van der Waals surface area contributed by atoms with Crippen molar-refractivity contribution in [3.63, 3.8) is 0 Å². The van der Waals surface area contributed by atoms with Crippen molar-refractivity contribution in [2.45, 2.75) is 6.42 Å². The van der Waals surface area contributed by atoms with Crippen molar-refractivity contribution >= 4 is 11.6 Å². The number of aromatic nitrogens is 1. The number of nitrogens with zero attached hydrogens (tertiary/aromatic N) is 1. The molecule has 0 fully saturated rings. The molecule has 0 radical (unpaired) electrons. The summed E-state index contributed by atoms with van der Waals surface area (Å²) in [4.78, 5) is 4.45. The fourth-order valence-electron chi connectivity index (χ4n) is 2.12. The topological polar surface area (TPSA) is 12.9 Å². The maximum Gasteiger partial charge on any atom is 0.0736 e. The highest BCUT2D eigenvalue weighted by Gasteiger charge is 2.14. The lowest BCUT2D eigenvalue weighted by atomic mass is 9.87. The summed E-state index contributed by atoms with van der Waals surface area (Å²) < 4.78 is 0. The monoisotopic (exact) mass is 181 g/mol. The molecule has 0 saturated heterocycles. The number of rotatable bonds is 0. The molecular weight excluding hydrogens is 170 g/mol. The molecule has 2 aliphatic rings. The fraction of sp³-hybridized carbons (Fsp3) is 0.154. The van der Waals surface area contributed by atoms with Crippen molar-refractivity contribution in [1.29, 1.82) is 0 Å². The number of hydrogen-bond acceptors (Lipinski definition) is 1. The van der Waals surface area contributed by atoms with Crippen LogP contribution in [0, 0.1) is 5.92 Å². The first kappa shape index (κ1) is 7.74. The summed E-state index contributed by atoms with van der Waals surface area (Å²) in [5.41, 5.74) is 1.37. The summed E-state index contributed by atoms with van der Waals surface area (Å²) in [6.45, 7) is 0. The van der Waals surface area contributed by atoms with E-state index in [0.717, 1.165) is 11.8 Å². The highest BCUT2D eigenvalue weighted by molar-refractivity contribution is 5.65. The van der Waals surface area contributed by atoms with Crippen molar-refractivity contribution in [1.82, 2.24) is 4.98 Å². The Morgan fingerprint density at radius 2 is 2.29 bits per heavy atom. The minimum Gasteiger partial charge on any atom is -0.256 e. The van der Waals surface area contributed by atoms with Gasteiger partial charge in [-0.1, -0.05) is 36.4 Å². The summed E-state index contributed by atoms with van der Waals surface area (Å²) >= 11 is 0. The first-order chi connectivity index (χ1) is 6.95. The van der Waals surface area contributed by atoms with E-state index in [1.54, 1.807) is 0 Å². The van der Waals surface area contributed by atoms with Crippen LogP contribution in [0.3, 0.4) is 0 Å². The predicted molar refractivity (Wildman–Crippen MR) is 57.7 cm³/mol. The second kappa shape index (κ2) is 2.95. The highest BCUT2D eigenvalue weighted by Crippen LogP contribution is 2.23. The van der Waals surface area contributed by atoms with Crippen LogP contribution in [0.5, 0.6) is 0 Å². The third-order valence-electron chi connectivity index (χ3n) is 2.83. The molecule has 0 spiro atoms. The molecule has 2 aliphatic carbocycles. The van der Waals surface area contributed by atoms with Gasteiger partial charge in [0.2, 0.25) is 0 Å². The van der Waals surface area contributed by atoms with Gasteiger partial charge in [-0.05, 0) is 23.3 Å². The van der Waals surface area contributed by atoms with Gasteiger partial charge in [0, 0.05) is 12.1 Å². The molecule has 0 N–H and O–H groups in total. The van der Waals surface area contributed by atoms with Gasteiger partial charge in [-0.15, -0.1) is 0 Å². The summed E-state index contributed by atoms with van der Waals surface area (Å²) in [5, 5.41) is 2.43. The summed E-state index contributed by atoms with van der Waals surface area (Å²) in [6.07, 6.45) is 13.9. The van der Waals surface area contributed by atoms with Gasteiger partial charge >= 0.3 is 0 Å². The van der Waals surface area contributed by atoms with Crippen LogP contribution >= 0.6 is 0 Å². The Balaban J connectivity index is 2.40. The van der Waals surface area contributed by atoms with E-state index in [2.05, 4.69) is 41.4 Å². The van der Waals surface area contributed by atoms with Crippen LogP contribution in [0.4, 0.5) is 0 Å². The molecule has 1 aromatic heterocycles. The average Bonchev–Trinajstić information content (AvgIpc) is 2.29. The first-order valence-corrected chi connectivity index (χ1v) is 4.95. The Labute approximate surface area is 82.8 Å². The molecule has 1 nitrogen and oxygen atoms in total. The predicted octanol–water partition coefficient (Wildman–Crippen LogP) is 1.16. The van der Waals surface area contributed by atoms with Crippen molar-refractivity contribution in [3.05, 3.63) is 53.2 Å². The molecule has 1 heterocycles. The number of allylic oxidation sites excluding steroid dienone is 4. The van der Waals surface area contributed by atoms with Gasteiger partial charge in [0.15, 0.2) is 0 Å². The number of fused-ring (bicyclic) bond motifs is 2. The van der Waals surface area contributed by atoms with E-state index in [0.29, 0.717) is 5.92 Å². The Morgan fingerprint density at radius 1 is 1.29 bits per heavy atom. The molecule has 0 aromatic carbocycles. The molecule has 3 rings (SSSR count). The lowest BCUT2D eigenvalue weighted by molar-refractivity contribution is 0.853. The highest BCUT2D eigenvalue weighted by atomic mass is 14.6. The van der Waals surface area contributed by atoms with Crippen LogP contribution in [0.15, 0.2) is 42.6 Å². The van der Waals surface area contributed by atoms with Gasteiger partial charge in [0.1, 0.15) is 0 Å². The van der Waals surface area contributed by atoms with Gasteiger partial charge in [-0.2, -0.15) is 0 Å². The maximum atomic E-state index is 4.45. The summed E-state index contributed by atoms with van der Waals surface area (Å²) in [5.74, 6) is 0.544. The van der Waals surface area contributed by atoms with E-state index < -0.39 is 0 Å². The molecule has 0 saturated carbocycles. The largest absolute Gasteiger partial charge is 0.256 e. The molecule has 14 heavy (non-hydrogen) atoms. The van der Waals surface area contributed by atoms with Gasteiger partial charge in [-0.3, -0.25) is 4.98 Å². The summed E-state index contributed by atoms with van der Waals surface area (Å²) in [6, 6.07) is 4.14. The molecule has 1 aromatic rings. The maximum absolute atomic E-state index is 4.45. The molecule has 68 valence electrons. The van der Waals surface area contributed by atoms with E-state index in [1.165, 1.54) is 10.8 Å². The van der Waals surface area contributed by atoms with Crippen molar-refractivity contribution in [3.8, 4) is 0 Å². The van der Waals surface area contributed by atoms with Crippen LogP contribution in [0.25, 0.3) is 11.6 Å². The molecule has 1 unspecified atom stereocenters. The fourth-order valence-corrected chi connectivity index (χ4v) is 2.12. The minimum atomic E-state index is 0.544. The number of hydrogen-bond donors (Lipinski definition) is 0. The Morgan fingerprint density at radius 3 is 3.29 bits per heavy atom. The van der Waals surface area contributed by atoms with Crippen LogP contribution in [-0.4, -0.2) is 4.98 Å². The van der Waals surface area contributed by atoms with E-state index >= 15 is 0 Å². The van der Waals surface area contributed by atoms with Gasteiger partial charge < -0.3 is 0 Å². The van der Waals surface area contributed by atoms with E-state index in [4.69, 9.17) is 0 Å². The lowest BCUT2D eigenvalue weighted by Crippen LogP contribution is -2.34. The SMILES string of the molecule is C1=CC2=c3ncccc3=CCC2C=C1.